The first kappa shape index (κ1) is 16.7. The third-order valence-corrected chi connectivity index (χ3v) is 3.47. The number of nitrogens with one attached hydrogen (secondary N) is 2. The van der Waals surface area contributed by atoms with Gasteiger partial charge in [0.15, 0.2) is 5.11 Å². The van der Waals surface area contributed by atoms with E-state index in [1.807, 2.05) is 0 Å². The molecule has 0 aliphatic carbocycles. The van der Waals surface area contributed by atoms with Crippen molar-refractivity contribution in [2.24, 2.45) is 0 Å². The van der Waals surface area contributed by atoms with Crippen LogP contribution < -0.4 is 10.6 Å². The van der Waals surface area contributed by atoms with Crippen molar-refractivity contribution < 1.29 is 0 Å². The van der Waals surface area contributed by atoms with Gasteiger partial charge < -0.3 is 10.6 Å². The van der Waals surface area contributed by atoms with Crippen LogP contribution in [0.2, 0.25) is 0 Å². The molecule has 0 spiro atoms. The maximum absolute atomic E-state index is 5.38. The molecule has 1 aromatic rings. The zero-order chi connectivity index (χ0) is 15.1. The van der Waals surface area contributed by atoms with E-state index in [2.05, 4.69) is 63.5 Å². The van der Waals surface area contributed by atoms with Crippen LogP contribution in [0, 0.1) is 6.92 Å². The monoisotopic (exact) mass is 290 g/mol. The van der Waals surface area contributed by atoms with Crippen LogP contribution in [0.25, 0.3) is 0 Å². The Bertz CT molecular complexity index is 475. The number of hydrogen-bond acceptors (Lipinski definition) is 1. The lowest BCUT2D eigenvalue weighted by Gasteiger charge is -2.17. The summed E-state index contributed by atoms with van der Waals surface area (Å²) >= 11 is 5.38. The van der Waals surface area contributed by atoms with Crippen LogP contribution in [0.1, 0.15) is 44.4 Å². The summed E-state index contributed by atoms with van der Waals surface area (Å²) < 4.78 is 0. The first-order valence-corrected chi connectivity index (χ1v) is 7.69. The number of thiocarbonyl (C=S) groups is 1. The molecule has 0 radical (unpaired) electrons. The van der Waals surface area contributed by atoms with Gasteiger partial charge in [0, 0.05) is 12.2 Å². The maximum Gasteiger partial charge on any atom is 0.171 e. The van der Waals surface area contributed by atoms with Crippen molar-refractivity contribution in [2.45, 2.75) is 47.5 Å². The molecule has 0 saturated carbocycles. The summed E-state index contributed by atoms with van der Waals surface area (Å²) in [7, 11) is 0. The van der Waals surface area contributed by atoms with Crippen LogP contribution in [-0.2, 0) is 12.8 Å². The molecule has 0 heterocycles. The molecule has 0 bridgehead atoms. The molecular weight excluding hydrogens is 264 g/mol. The number of aryl methyl sites for hydroxylation is 3. The van der Waals surface area contributed by atoms with Crippen molar-refractivity contribution in [1.29, 1.82) is 0 Å². The van der Waals surface area contributed by atoms with Crippen molar-refractivity contribution in [2.75, 3.05) is 11.9 Å². The van der Waals surface area contributed by atoms with Crippen molar-refractivity contribution >= 4 is 23.0 Å². The zero-order valence-electron chi connectivity index (χ0n) is 13.3. The van der Waals surface area contributed by atoms with Crippen LogP contribution in [0.3, 0.4) is 0 Å². The fraction of sp³-hybridized carbons (Fsp3) is 0.471. The lowest BCUT2D eigenvalue weighted by Crippen LogP contribution is -2.29. The van der Waals surface area contributed by atoms with Gasteiger partial charge in [0.2, 0.25) is 0 Å². The number of benzene rings is 1. The Morgan fingerprint density at radius 1 is 1.15 bits per heavy atom. The predicted molar refractivity (Wildman–Crippen MR) is 93.6 cm³/mol. The average molecular weight is 290 g/mol. The summed E-state index contributed by atoms with van der Waals surface area (Å²) in [6.07, 6.45) is 4.14. The van der Waals surface area contributed by atoms with Gasteiger partial charge >= 0.3 is 0 Å². The quantitative estimate of drug-likeness (QED) is 0.622. The van der Waals surface area contributed by atoms with Crippen molar-refractivity contribution in [3.05, 3.63) is 40.5 Å². The molecule has 20 heavy (non-hydrogen) atoms. The molecular formula is C17H26N2S. The predicted octanol–water partition coefficient (Wildman–Crippen LogP) is 4.37. The van der Waals surface area contributed by atoms with E-state index in [0.29, 0.717) is 5.11 Å². The Kier molecular flexibility index (Phi) is 6.73. The third kappa shape index (κ3) is 4.97. The minimum Gasteiger partial charge on any atom is -0.359 e. The van der Waals surface area contributed by atoms with E-state index >= 15 is 0 Å². The Balaban J connectivity index is 2.85. The second-order valence-corrected chi connectivity index (χ2v) is 5.69. The molecule has 0 aromatic heterocycles. The highest BCUT2D eigenvalue weighted by Gasteiger charge is 2.08. The summed E-state index contributed by atoms with van der Waals surface area (Å²) in [5.41, 5.74) is 6.43. The van der Waals surface area contributed by atoms with Crippen molar-refractivity contribution in [3.8, 4) is 0 Å². The fourth-order valence-corrected chi connectivity index (χ4v) is 2.35. The lowest BCUT2D eigenvalue weighted by molar-refractivity contribution is 1.03. The van der Waals surface area contributed by atoms with Crippen LogP contribution in [0.4, 0.5) is 5.69 Å². The van der Waals surface area contributed by atoms with E-state index in [0.717, 1.165) is 19.4 Å². The molecule has 1 aromatic carbocycles. The number of rotatable bonds is 5. The zero-order valence-corrected chi connectivity index (χ0v) is 14.1. The van der Waals surface area contributed by atoms with Crippen LogP contribution in [0.5, 0.6) is 0 Å². The van der Waals surface area contributed by atoms with Gasteiger partial charge in [-0.05, 0) is 57.0 Å². The van der Waals surface area contributed by atoms with Gasteiger partial charge in [0.25, 0.3) is 0 Å². The lowest BCUT2D eigenvalue weighted by atomic mass is 10.00. The third-order valence-electron chi connectivity index (χ3n) is 3.22. The standard InChI is InChI=1S/C17H26N2S/c1-6-14-10-13(5)11-15(7-2)16(14)19-17(20)18-9-8-12(3)4/h8,10-11H,6-7,9H2,1-5H3,(H2,18,19,20). The Hall–Kier alpha value is -1.35. The molecule has 0 unspecified atom stereocenters. The molecule has 0 saturated heterocycles. The normalized spacial score (nSPS) is 10.1. The number of hydrogen-bond donors (Lipinski definition) is 2. The van der Waals surface area contributed by atoms with Gasteiger partial charge in [-0.25, -0.2) is 0 Å². The molecule has 2 nitrogen and oxygen atoms in total. The molecule has 0 atom stereocenters. The molecule has 1 rings (SSSR count). The second-order valence-electron chi connectivity index (χ2n) is 5.28. The van der Waals surface area contributed by atoms with Crippen LogP contribution in [-0.4, -0.2) is 11.7 Å². The molecule has 110 valence electrons. The topological polar surface area (TPSA) is 24.1 Å². The molecule has 0 aliphatic rings. The molecule has 0 aliphatic heterocycles. The molecule has 0 amide bonds. The van der Waals surface area contributed by atoms with Crippen molar-refractivity contribution in [1.82, 2.24) is 5.32 Å². The van der Waals surface area contributed by atoms with Gasteiger partial charge in [-0.15, -0.1) is 0 Å². The van der Waals surface area contributed by atoms with Gasteiger partial charge in [-0.2, -0.15) is 0 Å². The van der Waals surface area contributed by atoms with E-state index in [1.165, 1.54) is 28.0 Å². The highest BCUT2D eigenvalue weighted by Crippen LogP contribution is 2.24. The van der Waals surface area contributed by atoms with Gasteiger partial charge in [-0.1, -0.05) is 43.2 Å². The minimum atomic E-state index is 0.691. The van der Waals surface area contributed by atoms with E-state index in [4.69, 9.17) is 12.2 Å². The Morgan fingerprint density at radius 3 is 2.15 bits per heavy atom. The van der Waals surface area contributed by atoms with Crippen LogP contribution >= 0.6 is 12.2 Å². The summed E-state index contributed by atoms with van der Waals surface area (Å²) in [5, 5.41) is 7.29. The van der Waals surface area contributed by atoms with Gasteiger partial charge in [0.05, 0.1) is 0 Å². The van der Waals surface area contributed by atoms with E-state index in [-0.39, 0.29) is 0 Å². The van der Waals surface area contributed by atoms with Gasteiger partial charge in [0.1, 0.15) is 0 Å². The fourth-order valence-electron chi connectivity index (χ4n) is 2.17. The smallest absolute Gasteiger partial charge is 0.171 e. The SMILES string of the molecule is CCc1cc(C)cc(CC)c1NC(=S)NCC=C(C)C. The summed E-state index contributed by atoms with van der Waals surface area (Å²) in [6.45, 7) is 11.4. The minimum absolute atomic E-state index is 0.691. The first-order chi connectivity index (χ1) is 9.47. The van der Waals surface area contributed by atoms with E-state index < -0.39 is 0 Å². The molecule has 2 N–H and O–H groups in total. The molecule has 0 fully saturated rings. The Morgan fingerprint density at radius 2 is 1.70 bits per heavy atom. The highest BCUT2D eigenvalue weighted by atomic mass is 32.1. The first-order valence-electron chi connectivity index (χ1n) is 7.28. The summed E-state index contributed by atoms with van der Waals surface area (Å²) in [6, 6.07) is 4.47. The summed E-state index contributed by atoms with van der Waals surface area (Å²) in [4.78, 5) is 0. The average Bonchev–Trinajstić information content (AvgIpc) is 2.39. The van der Waals surface area contributed by atoms with Crippen molar-refractivity contribution in [3.63, 3.8) is 0 Å². The molecule has 3 heteroatoms. The van der Waals surface area contributed by atoms with E-state index in [9.17, 15) is 0 Å². The van der Waals surface area contributed by atoms with E-state index in [1.54, 1.807) is 0 Å². The highest BCUT2D eigenvalue weighted by molar-refractivity contribution is 7.80. The number of anilines is 1. The Labute approximate surface area is 128 Å². The van der Waals surface area contributed by atoms with Gasteiger partial charge in [-0.3, -0.25) is 0 Å². The largest absolute Gasteiger partial charge is 0.359 e. The number of allylic oxidation sites excluding steroid dienone is 1. The van der Waals surface area contributed by atoms with Crippen LogP contribution in [0.15, 0.2) is 23.8 Å². The second kappa shape index (κ2) is 8.05. The maximum atomic E-state index is 5.38. The summed E-state index contributed by atoms with van der Waals surface area (Å²) in [5.74, 6) is 0.